The molecule has 0 spiro atoms. The van der Waals surface area contributed by atoms with E-state index in [4.69, 9.17) is 4.74 Å². The molecule has 0 fully saturated rings. The Labute approximate surface area is 165 Å². The molecule has 0 bridgehead atoms. The second-order valence-electron chi connectivity index (χ2n) is 6.35. The molecule has 27 heavy (non-hydrogen) atoms. The predicted octanol–water partition coefficient (Wildman–Crippen LogP) is 4.37. The van der Waals surface area contributed by atoms with E-state index in [1.165, 1.54) is 10.5 Å². The molecule has 142 valence electrons. The highest BCUT2D eigenvalue weighted by atomic mass is 32.2. The van der Waals surface area contributed by atoms with Crippen molar-refractivity contribution in [1.82, 2.24) is 19.3 Å². The highest BCUT2D eigenvalue weighted by molar-refractivity contribution is 7.97. The molecule has 3 aromatic rings. The first-order valence-electron chi connectivity index (χ1n) is 9.18. The summed E-state index contributed by atoms with van der Waals surface area (Å²) in [5, 5.41) is 0. The molecular weight excluding hydrogens is 356 g/mol. The van der Waals surface area contributed by atoms with Crippen LogP contribution in [0, 0.1) is 6.92 Å². The lowest BCUT2D eigenvalue weighted by atomic mass is 10.2. The topological polar surface area (TPSA) is 52.0 Å². The molecule has 1 aromatic carbocycles. The van der Waals surface area contributed by atoms with Crippen LogP contribution in [0.15, 0.2) is 60.3 Å². The summed E-state index contributed by atoms with van der Waals surface area (Å²) >= 11 is 1.64. The standard InChI is InChI=1S/C21H26N4OS/c1-4-6-18(15-26-5-2)24-27-19-9-7-17(8-10-19)14-25-16(3)23-20-13-22-12-11-21(20)25/h4,7-13,18,24H,1,5-6,14-15H2,2-3H3. The second kappa shape index (κ2) is 9.69. The Balaban J connectivity index is 1.63. The third-order valence-corrected chi connectivity index (χ3v) is 5.28. The van der Waals surface area contributed by atoms with Crippen molar-refractivity contribution in [3.05, 3.63) is 66.8 Å². The fourth-order valence-corrected chi connectivity index (χ4v) is 3.65. The summed E-state index contributed by atoms with van der Waals surface area (Å²) in [4.78, 5) is 9.92. The van der Waals surface area contributed by atoms with Crippen LogP contribution in [0.2, 0.25) is 0 Å². The number of nitrogens with one attached hydrogen (secondary N) is 1. The van der Waals surface area contributed by atoms with Crippen molar-refractivity contribution in [2.75, 3.05) is 13.2 Å². The molecule has 5 nitrogen and oxygen atoms in total. The first-order chi connectivity index (χ1) is 13.2. The molecule has 2 heterocycles. The van der Waals surface area contributed by atoms with Gasteiger partial charge in [-0.3, -0.25) is 9.71 Å². The maximum Gasteiger partial charge on any atom is 0.107 e. The van der Waals surface area contributed by atoms with Crippen LogP contribution in [0.4, 0.5) is 0 Å². The molecule has 1 unspecified atom stereocenters. The Morgan fingerprint density at radius 3 is 2.85 bits per heavy atom. The monoisotopic (exact) mass is 382 g/mol. The molecule has 0 aliphatic carbocycles. The zero-order chi connectivity index (χ0) is 19.1. The molecule has 0 saturated carbocycles. The van der Waals surface area contributed by atoms with Gasteiger partial charge in [0.25, 0.3) is 0 Å². The zero-order valence-electron chi connectivity index (χ0n) is 15.9. The molecule has 0 aliphatic heterocycles. The highest BCUT2D eigenvalue weighted by Gasteiger charge is 2.09. The van der Waals surface area contributed by atoms with Gasteiger partial charge in [-0.1, -0.05) is 18.2 Å². The van der Waals surface area contributed by atoms with E-state index in [9.17, 15) is 0 Å². The van der Waals surface area contributed by atoms with E-state index in [0.717, 1.165) is 36.4 Å². The van der Waals surface area contributed by atoms with Crippen molar-refractivity contribution >= 4 is 23.0 Å². The van der Waals surface area contributed by atoms with Crippen LogP contribution in [-0.2, 0) is 11.3 Å². The Morgan fingerprint density at radius 1 is 1.30 bits per heavy atom. The van der Waals surface area contributed by atoms with Crippen molar-refractivity contribution in [2.45, 2.75) is 37.8 Å². The van der Waals surface area contributed by atoms with Gasteiger partial charge >= 0.3 is 0 Å². The van der Waals surface area contributed by atoms with Gasteiger partial charge in [0, 0.05) is 30.3 Å². The van der Waals surface area contributed by atoms with Gasteiger partial charge in [0.1, 0.15) is 11.3 Å². The second-order valence-corrected chi connectivity index (χ2v) is 7.27. The van der Waals surface area contributed by atoms with Gasteiger partial charge in [0.15, 0.2) is 0 Å². The molecule has 0 radical (unpaired) electrons. The molecule has 3 rings (SSSR count). The Bertz CT molecular complexity index is 876. The van der Waals surface area contributed by atoms with E-state index < -0.39 is 0 Å². The molecule has 1 N–H and O–H groups in total. The lowest BCUT2D eigenvalue weighted by Gasteiger charge is -2.16. The summed E-state index contributed by atoms with van der Waals surface area (Å²) in [5.41, 5.74) is 3.30. The summed E-state index contributed by atoms with van der Waals surface area (Å²) in [6.07, 6.45) is 6.43. The summed E-state index contributed by atoms with van der Waals surface area (Å²) in [6.45, 7) is 10.1. The van der Waals surface area contributed by atoms with Gasteiger partial charge in [-0.25, -0.2) is 4.98 Å². The lowest BCUT2D eigenvalue weighted by Crippen LogP contribution is -2.27. The number of fused-ring (bicyclic) bond motifs is 1. The van der Waals surface area contributed by atoms with Gasteiger partial charge in [0.05, 0.1) is 18.3 Å². The number of benzene rings is 1. The van der Waals surface area contributed by atoms with Gasteiger partial charge in [0.2, 0.25) is 0 Å². The molecule has 1 atom stereocenters. The SMILES string of the molecule is C=CCC(COCC)NSc1ccc(Cn2c(C)nc3cnccc32)cc1. The quantitative estimate of drug-likeness (QED) is 0.417. The first kappa shape index (κ1) is 19.6. The minimum Gasteiger partial charge on any atom is -0.380 e. The number of rotatable bonds is 10. The Kier molecular flexibility index (Phi) is 7.04. The van der Waals surface area contributed by atoms with Crippen LogP contribution in [0.25, 0.3) is 11.0 Å². The molecule has 0 saturated heterocycles. The van der Waals surface area contributed by atoms with Gasteiger partial charge < -0.3 is 9.30 Å². The Morgan fingerprint density at radius 2 is 2.11 bits per heavy atom. The van der Waals surface area contributed by atoms with Gasteiger partial charge in [-0.2, -0.15) is 0 Å². The molecule has 0 aliphatic rings. The van der Waals surface area contributed by atoms with Crippen LogP contribution in [-0.4, -0.2) is 33.8 Å². The van der Waals surface area contributed by atoms with Crippen LogP contribution in [0.1, 0.15) is 24.7 Å². The van der Waals surface area contributed by atoms with E-state index in [1.807, 2.05) is 38.4 Å². The molecule has 0 amide bonds. The van der Waals surface area contributed by atoms with Crippen LogP contribution in [0.5, 0.6) is 0 Å². The maximum absolute atomic E-state index is 5.52. The number of hydrogen-bond donors (Lipinski definition) is 1. The summed E-state index contributed by atoms with van der Waals surface area (Å²) in [7, 11) is 0. The number of imidazole rings is 1. The average molecular weight is 383 g/mol. The fraction of sp³-hybridized carbons (Fsp3) is 0.333. The first-order valence-corrected chi connectivity index (χ1v) is 9.99. The lowest BCUT2D eigenvalue weighted by molar-refractivity contribution is 0.130. The summed E-state index contributed by atoms with van der Waals surface area (Å²) < 4.78 is 11.2. The van der Waals surface area contributed by atoms with Crippen LogP contribution in [0.3, 0.4) is 0 Å². The van der Waals surface area contributed by atoms with E-state index in [-0.39, 0.29) is 6.04 Å². The predicted molar refractivity (Wildman–Crippen MR) is 112 cm³/mol. The van der Waals surface area contributed by atoms with Gasteiger partial charge in [-0.15, -0.1) is 6.58 Å². The zero-order valence-corrected chi connectivity index (χ0v) is 16.7. The summed E-state index contributed by atoms with van der Waals surface area (Å²) in [6, 6.07) is 10.9. The largest absolute Gasteiger partial charge is 0.380 e. The molecule has 2 aromatic heterocycles. The van der Waals surface area contributed by atoms with Gasteiger partial charge in [-0.05, 0) is 56.0 Å². The van der Waals surface area contributed by atoms with E-state index in [0.29, 0.717) is 6.61 Å². The van der Waals surface area contributed by atoms with E-state index >= 15 is 0 Å². The smallest absolute Gasteiger partial charge is 0.107 e. The minimum atomic E-state index is 0.265. The van der Waals surface area contributed by atoms with Crippen molar-refractivity contribution in [3.63, 3.8) is 0 Å². The average Bonchev–Trinajstić information content (AvgIpc) is 3.00. The highest BCUT2D eigenvalue weighted by Crippen LogP contribution is 2.20. The number of pyridine rings is 1. The number of ether oxygens (including phenoxy) is 1. The van der Waals surface area contributed by atoms with E-state index in [2.05, 4.69) is 50.1 Å². The third-order valence-electron chi connectivity index (χ3n) is 4.32. The molecular formula is C21H26N4OS. The van der Waals surface area contributed by atoms with Crippen LogP contribution < -0.4 is 4.72 Å². The maximum atomic E-state index is 5.52. The number of hydrogen-bond acceptors (Lipinski definition) is 5. The number of aromatic nitrogens is 3. The normalized spacial score (nSPS) is 12.4. The fourth-order valence-electron chi connectivity index (χ4n) is 2.91. The molecule has 6 heteroatoms. The van der Waals surface area contributed by atoms with Crippen molar-refractivity contribution in [2.24, 2.45) is 0 Å². The summed E-state index contributed by atoms with van der Waals surface area (Å²) in [5.74, 6) is 1.00. The van der Waals surface area contributed by atoms with Crippen molar-refractivity contribution in [1.29, 1.82) is 0 Å². The minimum absolute atomic E-state index is 0.265. The van der Waals surface area contributed by atoms with Crippen molar-refractivity contribution < 1.29 is 4.74 Å². The third kappa shape index (κ3) is 5.19. The van der Waals surface area contributed by atoms with Crippen molar-refractivity contribution in [3.8, 4) is 0 Å². The Hall–Kier alpha value is -2.15. The number of aryl methyl sites for hydroxylation is 1. The van der Waals surface area contributed by atoms with Crippen LogP contribution >= 0.6 is 11.9 Å². The number of nitrogens with zero attached hydrogens (tertiary/aromatic N) is 3. The van der Waals surface area contributed by atoms with E-state index in [1.54, 1.807) is 11.9 Å².